The van der Waals surface area contributed by atoms with Gasteiger partial charge >= 0.3 is 0 Å². The minimum Gasteiger partial charge on any atom is -0.494 e. The Morgan fingerprint density at radius 3 is 2.61 bits per heavy atom. The van der Waals surface area contributed by atoms with Gasteiger partial charge in [0.15, 0.2) is 0 Å². The maximum Gasteiger partial charge on any atom is 0.230 e. The van der Waals surface area contributed by atoms with Crippen molar-refractivity contribution in [2.45, 2.75) is 26.2 Å². The normalized spacial score (nSPS) is 14.3. The number of ether oxygens (including phenoxy) is 1. The van der Waals surface area contributed by atoms with Crippen molar-refractivity contribution >= 4 is 22.5 Å². The maximum atomic E-state index is 13.5. The van der Waals surface area contributed by atoms with Gasteiger partial charge < -0.3 is 10.1 Å². The number of nitrogens with one attached hydrogen (secondary N) is 1. The number of halogens is 1. The van der Waals surface area contributed by atoms with Crippen molar-refractivity contribution < 1.29 is 13.9 Å². The first-order valence-electron chi connectivity index (χ1n) is 10.9. The van der Waals surface area contributed by atoms with Crippen molar-refractivity contribution in [3.8, 4) is 28.3 Å². The first-order valence-corrected chi connectivity index (χ1v) is 10.9. The van der Waals surface area contributed by atoms with Crippen LogP contribution in [0, 0.1) is 11.2 Å². The molecule has 0 atom stereocenters. The van der Waals surface area contributed by atoms with Gasteiger partial charge in [-0.25, -0.2) is 14.4 Å². The summed E-state index contributed by atoms with van der Waals surface area (Å²) in [5.74, 6) is 0.239. The van der Waals surface area contributed by atoms with Crippen LogP contribution in [0.15, 0.2) is 48.9 Å². The molecule has 1 fully saturated rings. The molecule has 5 rings (SSSR count). The predicted octanol–water partition coefficient (Wildman–Crippen LogP) is 4.97. The van der Waals surface area contributed by atoms with E-state index in [4.69, 9.17) is 4.74 Å². The zero-order chi connectivity index (χ0) is 23.2. The van der Waals surface area contributed by atoms with E-state index >= 15 is 0 Å². The Labute approximate surface area is 190 Å². The van der Waals surface area contributed by atoms with Crippen molar-refractivity contribution in [2.24, 2.45) is 12.5 Å². The van der Waals surface area contributed by atoms with Gasteiger partial charge in [-0.15, -0.1) is 0 Å². The van der Waals surface area contributed by atoms with E-state index in [2.05, 4.69) is 20.4 Å². The Bertz CT molecular complexity index is 1360. The van der Waals surface area contributed by atoms with E-state index in [1.54, 1.807) is 30.0 Å². The van der Waals surface area contributed by atoms with Gasteiger partial charge in [0.1, 0.15) is 23.6 Å². The highest BCUT2D eigenvalue weighted by Gasteiger charge is 2.48. The van der Waals surface area contributed by atoms with Crippen molar-refractivity contribution in [1.29, 1.82) is 0 Å². The van der Waals surface area contributed by atoms with Crippen LogP contribution in [-0.4, -0.2) is 32.8 Å². The number of amides is 1. The zero-order valence-electron chi connectivity index (χ0n) is 18.7. The van der Waals surface area contributed by atoms with Gasteiger partial charge in [-0.1, -0.05) is 6.92 Å². The fourth-order valence-corrected chi connectivity index (χ4v) is 4.19. The lowest BCUT2D eigenvalue weighted by atomic mass is 10.0. The Morgan fingerprint density at radius 1 is 1.18 bits per heavy atom. The molecule has 0 spiro atoms. The number of aromatic nitrogens is 4. The molecule has 1 N–H and O–H groups in total. The molecule has 1 aliphatic carbocycles. The minimum absolute atomic E-state index is 0.00873. The van der Waals surface area contributed by atoms with Crippen LogP contribution >= 0.6 is 0 Å². The summed E-state index contributed by atoms with van der Waals surface area (Å²) in [6.45, 7) is 2.04. The smallest absolute Gasteiger partial charge is 0.230 e. The van der Waals surface area contributed by atoms with Crippen LogP contribution in [0.4, 0.5) is 10.1 Å². The molecule has 7 nitrogen and oxygen atoms in total. The summed E-state index contributed by atoms with van der Waals surface area (Å²) >= 11 is 0. The molecule has 1 saturated carbocycles. The summed E-state index contributed by atoms with van der Waals surface area (Å²) in [4.78, 5) is 21.9. The SMILES string of the molecule is CCC1(C(=O)Nc2cc3c(-c4cn(C)nc4-c4ccc(F)cc4)ncnc3cc2OC)CC1. The third-order valence-electron chi connectivity index (χ3n) is 6.42. The summed E-state index contributed by atoms with van der Waals surface area (Å²) < 4.78 is 20.7. The van der Waals surface area contributed by atoms with Gasteiger partial charge in [-0.2, -0.15) is 5.10 Å². The molecule has 2 aromatic heterocycles. The van der Waals surface area contributed by atoms with E-state index < -0.39 is 0 Å². The first kappa shape index (κ1) is 21.1. The molecule has 0 bridgehead atoms. The summed E-state index contributed by atoms with van der Waals surface area (Å²) in [5, 5.41) is 8.41. The molecule has 4 aromatic rings. The van der Waals surface area contributed by atoms with Crippen molar-refractivity contribution in [3.05, 3.63) is 54.7 Å². The van der Waals surface area contributed by atoms with Crippen molar-refractivity contribution in [2.75, 3.05) is 12.4 Å². The second-order valence-electron chi connectivity index (χ2n) is 8.45. The average molecular weight is 445 g/mol. The number of hydrogen-bond donors (Lipinski definition) is 1. The van der Waals surface area contributed by atoms with Gasteiger partial charge in [0.2, 0.25) is 5.91 Å². The Morgan fingerprint density at radius 2 is 1.94 bits per heavy atom. The number of carbonyl (C=O) groups is 1. The van der Waals surface area contributed by atoms with Crippen LogP contribution < -0.4 is 10.1 Å². The van der Waals surface area contributed by atoms with Crippen LogP contribution in [0.25, 0.3) is 33.4 Å². The quantitative estimate of drug-likeness (QED) is 0.453. The van der Waals surface area contributed by atoms with Crippen LogP contribution in [0.3, 0.4) is 0 Å². The summed E-state index contributed by atoms with van der Waals surface area (Å²) in [6.07, 6.45) is 5.97. The number of carbonyl (C=O) groups excluding carboxylic acids is 1. The molecule has 1 aliphatic rings. The fourth-order valence-electron chi connectivity index (χ4n) is 4.19. The lowest BCUT2D eigenvalue weighted by molar-refractivity contribution is -0.121. The van der Waals surface area contributed by atoms with E-state index in [1.165, 1.54) is 18.5 Å². The predicted molar refractivity (Wildman–Crippen MR) is 124 cm³/mol. The van der Waals surface area contributed by atoms with Gasteiger partial charge in [-0.05, 0) is 49.6 Å². The molecule has 8 heteroatoms. The third-order valence-corrected chi connectivity index (χ3v) is 6.42. The fraction of sp³-hybridized carbons (Fsp3) is 0.280. The first-order chi connectivity index (χ1) is 15.9. The minimum atomic E-state index is -0.309. The summed E-state index contributed by atoms with van der Waals surface area (Å²) in [7, 11) is 3.40. The number of fused-ring (bicyclic) bond motifs is 1. The largest absolute Gasteiger partial charge is 0.494 e. The van der Waals surface area contributed by atoms with E-state index in [-0.39, 0.29) is 17.1 Å². The molecule has 168 valence electrons. The third kappa shape index (κ3) is 3.71. The standard InChI is InChI=1S/C25H24FN5O2/c1-4-25(9-10-25)24(32)29-20-11-17-19(12-21(20)33-3)27-14-28-23(17)18-13-31(2)30-22(18)15-5-7-16(26)8-6-15/h5-8,11-14H,4,9-10H2,1-3H3,(H,29,32). The summed E-state index contributed by atoms with van der Waals surface area (Å²) in [5.41, 5.74) is 3.89. The maximum absolute atomic E-state index is 13.5. The zero-order valence-corrected chi connectivity index (χ0v) is 18.7. The number of nitrogens with zero attached hydrogens (tertiary/aromatic N) is 4. The molecule has 0 aliphatic heterocycles. The number of benzene rings is 2. The van der Waals surface area contributed by atoms with Gasteiger partial charge in [0.05, 0.1) is 24.0 Å². The van der Waals surface area contributed by atoms with Crippen molar-refractivity contribution in [1.82, 2.24) is 19.7 Å². The highest BCUT2D eigenvalue weighted by Crippen LogP contribution is 2.50. The molecule has 0 saturated heterocycles. The number of hydrogen-bond acceptors (Lipinski definition) is 5. The number of aryl methyl sites for hydroxylation is 1. The molecule has 0 unspecified atom stereocenters. The van der Waals surface area contributed by atoms with Crippen LogP contribution in [-0.2, 0) is 11.8 Å². The number of methoxy groups -OCH3 is 1. The second kappa shape index (κ2) is 7.95. The second-order valence-corrected chi connectivity index (χ2v) is 8.45. The van der Waals surface area contributed by atoms with E-state index in [1.807, 2.05) is 26.2 Å². The molecule has 2 aromatic carbocycles. The van der Waals surface area contributed by atoms with E-state index in [0.717, 1.165) is 35.8 Å². The molecule has 1 amide bonds. The van der Waals surface area contributed by atoms with Gasteiger partial charge in [0, 0.05) is 41.2 Å². The van der Waals surface area contributed by atoms with E-state index in [9.17, 15) is 9.18 Å². The Kier molecular flexibility index (Phi) is 5.08. The molecule has 33 heavy (non-hydrogen) atoms. The van der Waals surface area contributed by atoms with Crippen LogP contribution in [0.5, 0.6) is 5.75 Å². The lowest BCUT2D eigenvalue weighted by Gasteiger charge is -2.16. The topological polar surface area (TPSA) is 81.9 Å². The molecule has 2 heterocycles. The Hall–Kier alpha value is -3.81. The molecule has 0 radical (unpaired) electrons. The van der Waals surface area contributed by atoms with Gasteiger partial charge in [0.25, 0.3) is 0 Å². The Balaban J connectivity index is 1.64. The van der Waals surface area contributed by atoms with E-state index in [0.29, 0.717) is 28.3 Å². The monoisotopic (exact) mass is 445 g/mol. The average Bonchev–Trinajstić information content (AvgIpc) is 3.54. The number of rotatable bonds is 6. The molecular weight excluding hydrogens is 421 g/mol. The number of anilines is 1. The van der Waals surface area contributed by atoms with Gasteiger partial charge in [-0.3, -0.25) is 9.48 Å². The van der Waals surface area contributed by atoms with Crippen molar-refractivity contribution in [3.63, 3.8) is 0 Å². The molecular formula is C25H24FN5O2. The lowest BCUT2D eigenvalue weighted by Crippen LogP contribution is -2.23. The highest BCUT2D eigenvalue weighted by atomic mass is 19.1. The van der Waals surface area contributed by atoms with Crippen LogP contribution in [0.1, 0.15) is 26.2 Å². The van der Waals surface area contributed by atoms with Crippen LogP contribution in [0.2, 0.25) is 0 Å². The summed E-state index contributed by atoms with van der Waals surface area (Å²) in [6, 6.07) is 9.86. The highest BCUT2D eigenvalue weighted by molar-refractivity contribution is 6.03.